The molecule has 0 saturated heterocycles. The maximum Gasteiger partial charge on any atom is 0.234 e. The predicted molar refractivity (Wildman–Crippen MR) is 66.4 cm³/mol. The fraction of sp³-hybridized carbons (Fsp3) is 0.917. The van der Waals surface area contributed by atoms with E-state index in [-0.39, 0.29) is 11.3 Å². The SMILES string of the molecule is COCCNC(=O)CNCC(C)(C)C(C)C. The number of nitrogens with one attached hydrogen (secondary N) is 2. The number of ether oxygens (including phenoxy) is 1. The maximum atomic E-state index is 11.3. The standard InChI is InChI=1S/C12H26N2O2/c1-10(2)12(3,4)9-13-8-11(15)14-6-7-16-5/h10,13H,6-9H2,1-5H3,(H,14,15). The largest absolute Gasteiger partial charge is 0.383 e. The molecule has 1 amide bonds. The molecule has 0 fully saturated rings. The molecule has 96 valence electrons. The lowest BCUT2D eigenvalue weighted by Gasteiger charge is -2.29. The van der Waals surface area contributed by atoms with Crippen molar-refractivity contribution in [2.75, 3.05) is 33.4 Å². The van der Waals surface area contributed by atoms with Gasteiger partial charge in [-0.25, -0.2) is 0 Å². The predicted octanol–water partition coefficient (Wildman–Crippen LogP) is 1.02. The second kappa shape index (κ2) is 7.63. The van der Waals surface area contributed by atoms with Crippen molar-refractivity contribution in [2.45, 2.75) is 27.7 Å². The molecule has 0 aromatic carbocycles. The van der Waals surface area contributed by atoms with Gasteiger partial charge in [0, 0.05) is 20.2 Å². The first-order chi connectivity index (χ1) is 7.40. The van der Waals surface area contributed by atoms with E-state index in [9.17, 15) is 4.79 Å². The molecule has 16 heavy (non-hydrogen) atoms. The molecule has 4 heteroatoms. The smallest absolute Gasteiger partial charge is 0.234 e. The Morgan fingerprint density at radius 2 is 2.00 bits per heavy atom. The van der Waals surface area contributed by atoms with Gasteiger partial charge in [-0.1, -0.05) is 27.7 Å². The minimum absolute atomic E-state index is 0.0246. The van der Waals surface area contributed by atoms with Gasteiger partial charge < -0.3 is 15.4 Å². The Labute approximate surface area is 99.1 Å². The molecular weight excluding hydrogens is 204 g/mol. The molecule has 0 aromatic heterocycles. The van der Waals surface area contributed by atoms with Gasteiger partial charge in [0.1, 0.15) is 0 Å². The number of hydrogen-bond acceptors (Lipinski definition) is 3. The zero-order valence-corrected chi connectivity index (χ0v) is 11.2. The molecule has 0 spiro atoms. The van der Waals surface area contributed by atoms with Gasteiger partial charge in [-0.2, -0.15) is 0 Å². The Balaban J connectivity index is 3.61. The molecule has 4 nitrogen and oxygen atoms in total. The topological polar surface area (TPSA) is 50.4 Å². The van der Waals surface area contributed by atoms with Gasteiger partial charge in [-0.3, -0.25) is 4.79 Å². The zero-order valence-electron chi connectivity index (χ0n) is 11.2. The van der Waals surface area contributed by atoms with Gasteiger partial charge in [-0.05, 0) is 11.3 Å². The van der Waals surface area contributed by atoms with E-state index >= 15 is 0 Å². The highest BCUT2D eigenvalue weighted by Crippen LogP contribution is 2.24. The van der Waals surface area contributed by atoms with E-state index in [0.29, 0.717) is 25.6 Å². The lowest BCUT2D eigenvalue weighted by Crippen LogP contribution is -2.40. The van der Waals surface area contributed by atoms with Gasteiger partial charge in [0.05, 0.1) is 13.2 Å². The molecule has 0 rings (SSSR count). The van der Waals surface area contributed by atoms with Crippen molar-refractivity contribution in [3.8, 4) is 0 Å². The van der Waals surface area contributed by atoms with Crippen LogP contribution in [0.2, 0.25) is 0 Å². The van der Waals surface area contributed by atoms with Crippen LogP contribution in [0.3, 0.4) is 0 Å². The lowest BCUT2D eigenvalue weighted by molar-refractivity contribution is -0.120. The van der Waals surface area contributed by atoms with Crippen LogP contribution in [0, 0.1) is 11.3 Å². The highest BCUT2D eigenvalue weighted by molar-refractivity contribution is 5.77. The van der Waals surface area contributed by atoms with Crippen LogP contribution < -0.4 is 10.6 Å². The van der Waals surface area contributed by atoms with E-state index < -0.39 is 0 Å². The van der Waals surface area contributed by atoms with Crippen LogP contribution in [0.4, 0.5) is 0 Å². The van der Waals surface area contributed by atoms with Gasteiger partial charge in [0.25, 0.3) is 0 Å². The Morgan fingerprint density at radius 3 is 2.50 bits per heavy atom. The summed E-state index contributed by atoms with van der Waals surface area (Å²) in [5.41, 5.74) is 0.215. The van der Waals surface area contributed by atoms with Crippen LogP contribution >= 0.6 is 0 Å². The molecule has 0 radical (unpaired) electrons. The Hall–Kier alpha value is -0.610. The Morgan fingerprint density at radius 1 is 1.38 bits per heavy atom. The monoisotopic (exact) mass is 230 g/mol. The Kier molecular flexibility index (Phi) is 7.34. The number of hydrogen-bond donors (Lipinski definition) is 2. The van der Waals surface area contributed by atoms with Crippen LogP contribution in [0.5, 0.6) is 0 Å². The summed E-state index contributed by atoms with van der Waals surface area (Å²) in [7, 11) is 1.62. The molecule has 0 saturated carbocycles. The summed E-state index contributed by atoms with van der Waals surface area (Å²) in [5.74, 6) is 0.619. The van der Waals surface area contributed by atoms with Crippen molar-refractivity contribution in [3.05, 3.63) is 0 Å². The van der Waals surface area contributed by atoms with Crippen LogP contribution in [0.15, 0.2) is 0 Å². The number of amides is 1. The van der Waals surface area contributed by atoms with E-state index in [2.05, 4.69) is 38.3 Å². The third-order valence-corrected chi connectivity index (χ3v) is 3.06. The van der Waals surface area contributed by atoms with Crippen molar-refractivity contribution < 1.29 is 9.53 Å². The van der Waals surface area contributed by atoms with Gasteiger partial charge in [0.15, 0.2) is 0 Å². The first-order valence-corrected chi connectivity index (χ1v) is 5.86. The first kappa shape index (κ1) is 15.4. The second-order valence-electron chi connectivity index (χ2n) is 5.09. The van der Waals surface area contributed by atoms with Crippen LogP contribution in [0.25, 0.3) is 0 Å². The highest BCUT2D eigenvalue weighted by atomic mass is 16.5. The fourth-order valence-electron chi connectivity index (χ4n) is 1.06. The number of carbonyl (C=O) groups is 1. The average Bonchev–Trinajstić information content (AvgIpc) is 2.17. The quantitative estimate of drug-likeness (QED) is 0.612. The third-order valence-electron chi connectivity index (χ3n) is 3.06. The summed E-state index contributed by atoms with van der Waals surface area (Å²) in [5, 5.41) is 5.95. The van der Waals surface area contributed by atoms with E-state index in [1.807, 2.05) is 0 Å². The summed E-state index contributed by atoms with van der Waals surface area (Å²) in [6.07, 6.45) is 0. The molecule has 0 heterocycles. The zero-order chi connectivity index (χ0) is 12.6. The minimum Gasteiger partial charge on any atom is -0.383 e. The molecule has 0 aliphatic carbocycles. The number of rotatable bonds is 8. The normalized spacial score (nSPS) is 11.9. The van der Waals surface area contributed by atoms with Crippen molar-refractivity contribution in [1.29, 1.82) is 0 Å². The molecular formula is C12H26N2O2. The summed E-state index contributed by atoms with van der Waals surface area (Å²) in [4.78, 5) is 11.3. The first-order valence-electron chi connectivity index (χ1n) is 5.86. The van der Waals surface area contributed by atoms with Gasteiger partial charge in [-0.15, -0.1) is 0 Å². The maximum absolute atomic E-state index is 11.3. The third kappa shape index (κ3) is 6.80. The molecule has 0 atom stereocenters. The molecule has 0 aliphatic rings. The molecule has 0 unspecified atom stereocenters. The summed E-state index contributed by atoms with van der Waals surface area (Å²) < 4.78 is 4.85. The van der Waals surface area contributed by atoms with Crippen molar-refractivity contribution in [2.24, 2.45) is 11.3 Å². The van der Waals surface area contributed by atoms with E-state index in [4.69, 9.17) is 4.74 Å². The van der Waals surface area contributed by atoms with Crippen LogP contribution in [0.1, 0.15) is 27.7 Å². The summed E-state index contributed by atoms with van der Waals surface area (Å²) in [6.45, 7) is 11.2. The van der Waals surface area contributed by atoms with Crippen molar-refractivity contribution >= 4 is 5.91 Å². The lowest BCUT2D eigenvalue weighted by atomic mass is 9.81. The second-order valence-corrected chi connectivity index (χ2v) is 5.09. The van der Waals surface area contributed by atoms with Crippen LogP contribution in [-0.2, 0) is 9.53 Å². The number of carbonyl (C=O) groups excluding carboxylic acids is 1. The molecule has 0 bridgehead atoms. The van der Waals surface area contributed by atoms with Crippen molar-refractivity contribution in [3.63, 3.8) is 0 Å². The fourth-order valence-corrected chi connectivity index (χ4v) is 1.06. The van der Waals surface area contributed by atoms with E-state index in [0.717, 1.165) is 6.54 Å². The average molecular weight is 230 g/mol. The van der Waals surface area contributed by atoms with E-state index in [1.54, 1.807) is 7.11 Å². The minimum atomic E-state index is 0.0246. The van der Waals surface area contributed by atoms with Crippen molar-refractivity contribution in [1.82, 2.24) is 10.6 Å². The van der Waals surface area contributed by atoms with Crippen LogP contribution in [-0.4, -0.2) is 39.3 Å². The molecule has 2 N–H and O–H groups in total. The van der Waals surface area contributed by atoms with E-state index in [1.165, 1.54) is 0 Å². The Bertz CT molecular complexity index is 203. The molecule has 0 aromatic rings. The summed E-state index contributed by atoms with van der Waals surface area (Å²) in [6, 6.07) is 0. The van der Waals surface area contributed by atoms with Gasteiger partial charge in [0.2, 0.25) is 5.91 Å². The van der Waals surface area contributed by atoms with Gasteiger partial charge >= 0.3 is 0 Å². The highest BCUT2D eigenvalue weighted by Gasteiger charge is 2.21. The number of methoxy groups -OCH3 is 1. The summed E-state index contributed by atoms with van der Waals surface area (Å²) >= 11 is 0. The molecule has 0 aliphatic heterocycles.